The fourth-order valence-corrected chi connectivity index (χ4v) is 2.38. The van der Waals surface area contributed by atoms with Gasteiger partial charge in [0, 0.05) is 5.56 Å². The number of esters is 1. The van der Waals surface area contributed by atoms with Crippen LogP contribution in [0.15, 0.2) is 48.5 Å². The molecule has 23 heavy (non-hydrogen) atoms. The highest BCUT2D eigenvalue weighted by atomic mass is 16.5. The molecule has 0 aliphatic carbocycles. The number of hydrogen-bond donors (Lipinski definition) is 0. The third-order valence-electron chi connectivity index (χ3n) is 3.64. The lowest BCUT2D eigenvalue weighted by Crippen LogP contribution is -2.25. The number of hydrogen-bond acceptors (Lipinski definition) is 4. The van der Waals surface area contributed by atoms with E-state index in [2.05, 4.69) is 6.92 Å². The molecule has 4 heteroatoms. The maximum Gasteiger partial charge on any atom is 0.339 e. The smallest absolute Gasteiger partial charge is 0.339 e. The van der Waals surface area contributed by atoms with Crippen molar-refractivity contribution >= 4 is 11.9 Å². The summed E-state index contributed by atoms with van der Waals surface area (Å²) < 4.78 is 5.38. The van der Waals surface area contributed by atoms with Gasteiger partial charge in [-0.15, -0.1) is 0 Å². The third kappa shape index (κ3) is 4.19. The van der Waals surface area contributed by atoms with Gasteiger partial charge in [-0.3, -0.25) is 0 Å². The molecule has 120 valence electrons. The van der Waals surface area contributed by atoms with Crippen molar-refractivity contribution in [3.05, 3.63) is 70.8 Å². The molecule has 0 saturated carbocycles. The van der Waals surface area contributed by atoms with E-state index < -0.39 is 18.0 Å². The number of carbonyl (C=O) groups is 2. The lowest BCUT2D eigenvalue weighted by molar-refractivity contribution is -0.255. The molecule has 2 rings (SSSR count). The Morgan fingerprint density at radius 3 is 2.22 bits per heavy atom. The van der Waals surface area contributed by atoms with Gasteiger partial charge in [0.15, 0.2) is 0 Å². The van der Waals surface area contributed by atoms with Crippen molar-refractivity contribution in [2.75, 3.05) is 0 Å². The molecular formula is C19H19O4-. The van der Waals surface area contributed by atoms with Gasteiger partial charge >= 0.3 is 5.97 Å². The zero-order valence-electron chi connectivity index (χ0n) is 13.2. The molecule has 0 spiro atoms. The van der Waals surface area contributed by atoms with Gasteiger partial charge in [0.05, 0.1) is 11.5 Å². The summed E-state index contributed by atoms with van der Waals surface area (Å²) in [4.78, 5) is 23.3. The van der Waals surface area contributed by atoms with E-state index >= 15 is 0 Å². The Hall–Kier alpha value is -2.62. The molecule has 0 unspecified atom stereocenters. The summed E-state index contributed by atoms with van der Waals surface area (Å²) in [5.41, 5.74) is 1.94. The van der Waals surface area contributed by atoms with Crippen LogP contribution in [0.25, 0.3) is 0 Å². The van der Waals surface area contributed by atoms with Crippen molar-refractivity contribution in [3.63, 3.8) is 0 Å². The van der Waals surface area contributed by atoms with Crippen molar-refractivity contribution in [2.45, 2.75) is 32.8 Å². The van der Waals surface area contributed by atoms with E-state index in [1.165, 1.54) is 23.8 Å². The number of carboxylic acids is 1. The van der Waals surface area contributed by atoms with E-state index in [1.54, 1.807) is 13.0 Å². The molecule has 0 amide bonds. The summed E-state index contributed by atoms with van der Waals surface area (Å²) in [6.07, 6.45) is 1.62. The summed E-state index contributed by atoms with van der Waals surface area (Å²) in [7, 11) is 0. The van der Waals surface area contributed by atoms with Crippen molar-refractivity contribution in [2.24, 2.45) is 0 Å². The summed E-state index contributed by atoms with van der Waals surface area (Å²) in [6.45, 7) is 3.88. The number of aryl methyl sites for hydroxylation is 1. The minimum absolute atomic E-state index is 0.00181. The van der Waals surface area contributed by atoms with Crippen LogP contribution in [0.4, 0.5) is 0 Å². The van der Waals surface area contributed by atoms with Crippen molar-refractivity contribution < 1.29 is 19.4 Å². The van der Waals surface area contributed by atoms with Gasteiger partial charge in [-0.1, -0.05) is 55.8 Å². The van der Waals surface area contributed by atoms with E-state index in [9.17, 15) is 14.7 Å². The molecule has 1 atom stereocenters. The first kappa shape index (κ1) is 16.7. The zero-order chi connectivity index (χ0) is 16.8. The van der Waals surface area contributed by atoms with Crippen LogP contribution in [0.5, 0.6) is 0 Å². The van der Waals surface area contributed by atoms with Crippen LogP contribution < -0.4 is 5.11 Å². The number of carboxylic acid groups (broad SMARTS) is 1. The first-order valence-electron chi connectivity index (χ1n) is 7.63. The molecular weight excluding hydrogens is 292 g/mol. The second-order valence-corrected chi connectivity index (χ2v) is 5.37. The fourth-order valence-electron chi connectivity index (χ4n) is 2.38. The van der Waals surface area contributed by atoms with Gasteiger partial charge in [0.1, 0.15) is 6.10 Å². The molecule has 4 nitrogen and oxygen atoms in total. The molecule has 0 fully saturated rings. The summed E-state index contributed by atoms with van der Waals surface area (Å²) >= 11 is 0. The SMILES string of the molecule is CCCc1ccc([C@H](C)OC(=O)c2ccccc2C(=O)[O-])cc1. The van der Waals surface area contributed by atoms with Crippen LogP contribution in [0.3, 0.4) is 0 Å². The average molecular weight is 311 g/mol. The normalized spacial score (nSPS) is 11.7. The molecule has 0 N–H and O–H groups in total. The van der Waals surface area contributed by atoms with Crippen LogP contribution in [0.1, 0.15) is 58.2 Å². The summed E-state index contributed by atoms with van der Waals surface area (Å²) in [5, 5.41) is 11.1. The van der Waals surface area contributed by atoms with E-state index in [0.29, 0.717) is 0 Å². The second kappa shape index (κ2) is 7.58. The predicted octanol–water partition coefficient (Wildman–Crippen LogP) is 2.92. The quantitative estimate of drug-likeness (QED) is 0.769. The first-order chi connectivity index (χ1) is 11.0. The Kier molecular flexibility index (Phi) is 5.52. The number of ether oxygens (including phenoxy) is 1. The number of aromatic carboxylic acids is 1. The molecule has 0 saturated heterocycles. The molecule has 0 aliphatic heterocycles. The highest BCUT2D eigenvalue weighted by Crippen LogP contribution is 2.20. The highest BCUT2D eigenvalue weighted by Gasteiger charge is 2.17. The maximum absolute atomic E-state index is 12.2. The standard InChI is InChI=1S/C19H20O4/c1-3-6-14-9-11-15(12-10-14)13(2)23-19(22)17-8-5-4-7-16(17)18(20)21/h4-5,7-13H,3,6H2,1-2H3,(H,20,21)/p-1/t13-/m0/s1. The molecule has 2 aromatic rings. The van der Waals surface area contributed by atoms with Crippen LogP contribution in [0, 0.1) is 0 Å². The Bertz CT molecular complexity index is 689. The van der Waals surface area contributed by atoms with Gasteiger partial charge in [-0.05, 0) is 30.5 Å². The molecule has 0 bridgehead atoms. The Morgan fingerprint density at radius 1 is 1.04 bits per heavy atom. The fraction of sp³-hybridized carbons (Fsp3) is 0.263. The molecule has 2 aromatic carbocycles. The lowest BCUT2D eigenvalue weighted by Gasteiger charge is -2.16. The van der Waals surface area contributed by atoms with Gasteiger partial charge in [0.25, 0.3) is 0 Å². The van der Waals surface area contributed by atoms with Crippen LogP contribution >= 0.6 is 0 Å². The highest BCUT2D eigenvalue weighted by molar-refractivity contribution is 6.01. The van der Waals surface area contributed by atoms with E-state index in [0.717, 1.165) is 18.4 Å². The van der Waals surface area contributed by atoms with Gasteiger partial charge < -0.3 is 14.6 Å². The number of carbonyl (C=O) groups excluding carboxylic acids is 2. The number of benzene rings is 2. The predicted molar refractivity (Wildman–Crippen MR) is 85.0 cm³/mol. The zero-order valence-corrected chi connectivity index (χ0v) is 13.2. The third-order valence-corrected chi connectivity index (χ3v) is 3.64. The Balaban J connectivity index is 2.12. The second-order valence-electron chi connectivity index (χ2n) is 5.37. The van der Waals surface area contributed by atoms with Gasteiger partial charge in [0.2, 0.25) is 0 Å². The van der Waals surface area contributed by atoms with Crippen LogP contribution in [-0.2, 0) is 11.2 Å². The topological polar surface area (TPSA) is 66.4 Å². The van der Waals surface area contributed by atoms with E-state index in [1.807, 2.05) is 24.3 Å². The maximum atomic E-state index is 12.2. The van der Waals surface area contributed by atoms with E-state index in [4.69, 9.17) is 4.74 Å². The van der Waals surface area contributed by atoms with Crippen LogP contribution in [-0.4, -0.2) is 11.9 Å². The minimum atomic E-state index is -1.39. The molecule has 0 heterocycles. The monoisotopic (exact) mass is 311 g/mol. The molecule has 0 aromatic heterocycles. The lowest BCUT2D eigenvalue weighted by atomic mass is 10.0. The summed E-state index contributed by atoms with van der Waals surface area (Å²) in [5.74, 6) is -2.07. The van der Waals surface area contributed by atoms with Gasteiger partial charge in [-0.25, -0.2) is 4.79 Å². The largest absolute Gasteiger partial charge is 0.545 e. The van der Waals surface area contributed by atoms with Crippen molar-refractivity contribution in [1.29, 1.82) is 0 Å². The number of rotatable bonds is 6. The van der Waals surface area contributed by atoms with E-state index in [-0.39, 0.29) is 11.1 Å². The average Bonchev–Trinajstić information content (AvgIpc) is 2.55. The Labute approximate surface area is 135 Å². The Morgan fingerprint density at radius 2 is 1.65 bits per heavy atom. The van der Waals surface area contributed by atoms with Crippen molar-refractivity contribution in [1.82, 2.24) is 0 Å². The minimum Gasteiger partial charge on any atom is -0.545 e. The van der Waals surface area contributed by atoms with Crippen molar-refractivity contribution in [3.8, 4) is 0 Å². The van der Waals surface area contributed by atoms with Gasteiger partial charge in [-0.2, -0.15) is 0 Å². The van der Waals surface area contributed by atoms with Crippen LogP contribution in [0.2, 0.25) is 0 Å². The summed E-state index contributed by atoms with van der Waals surface area (Å²) in [6, 6.07) is 13.8. The molecule has 0 aliphatic rings. The first-order valence-corrected chi connectivity index (χ1v) is 7.63. The molecule has 0 radical (unpaired) electrons.